The fourth-order valence-electron chi connectivity index (χ4n) is 3.17. The summed E-state index contributed by atoms with van der Waals surface area (Å²) in [7, 11) is 0. The molecule has 1 heteroatoms. The maximum atomic E-state index is 6.30. The van der Waals surface area contributed by atoms with Gasteiger partial charge in [0.15, 0.2) is 0 Å². The molecule has 110 valence electrons. The number of allylic oxidation sites excluding steroid dienone is 3. The van der Waals surface area contributed by atoms with Gasteiger partial charge in [0.25, 0.3) is 0 Å². The van der Waals surface area contributed by atoms with Crippen LogP contribution < -0.4 is 5.73 Å². The molecule has 0 aliphatic heterocycles. The van der Waals surface area contributed by atoms with Gasteiger partial charge in [-0.25, -0.2) is 0 Å². The van der Waals surface area contributed by atoms with Crippen molar-refractivity contribution in [2.75, 3.05) is 0 Å². The minimum atomic E-state index is 0.238. The van der Waals surface area contributed by atoms with Crippen LogP contribution in [0.15, 0.2) is 23.4 Å². The van der Waals surface area contributed by atoms with Crippen LogP contribution in [0.3, 0.4) is 0 Å². The Morgan fingerprint density at radius 3 is 2.00 bits per heavy atom. The summed E-state index contributed by atoms with van der Waals surface area (Å²) >= 11 is 0. The zero-order valence-electron chi connectivity index (χ0n) is 13.8. The van der Waals surface area contributed by atoms with Crippen LogP contribution in [-0.2, 0) is 0 Å². The van der Waals surface area contributed by atoms with E-state index in [1.54, 1.807) is 0 Å². The summed E-state index contributed by atoms with van der Waals surface area (Å²) in [5.74, 6) is 0.641. The van der Waals surface area contributed by atoms with Crippen molar-refractivity contribution in [3.05, 3.63) is 23.4 Å². The zero-order chi connectivity index (χ0) is 14.7. The second-order valence-electron chi connectivity index (χ2n) is 6.71. The molecule has 0 aromatic heterocycles. The highest BCUT2D eigenvalue weighted by molar-refractivity contribution is 5.37. The highest BCUT2D eigenvalue weighted by Crippen LogP contribution is 2.46. The molecule has 1 aliphatic carbocycles. The fraction of sp³-hybridized carbons (Fsp3) is 0.778. The smallest absolute Gasteiger partial charge is 0.0308 e. The quantitative estimate of drug-likeness (QED) is 0.679. The molecule has 0 spiro atoms. The lowest BCUT2D eigenvalue weighted by atomic mass is 9.65. The van der Waals surface area contributed by atoms with E-state index >= 15 is 0 Å². The van der Waals surface area contributed by atoms with E-state index < -0.39 is 0 Å². The van der Waals surface area contributed by atoms with Crippen molar-refractivity contribution < 1.29 is 0 Å². The fourth-order valence-corrected chi connectivity index (χ4v) is 3.17. The van der Waals surface area contributed by atoms with Gasteiger partial charge in [-0.1, -0.05) is 66.5 Å². The SMILES string of the molecule is CCC(C)(CC)C1=CC(C(C)(CC)CC)CC=C1N. The Bertz CT molecular complexity index is 354. The van der Waals surface area contributed by atoms with Crippen molar-refractivity contribution in [3.63, 3.8) is 0 Å². The molecule has 0 radical (unpaired) electrons. The lowest BCUT2D eigenvalue weighted by Crippen LogP contribution is -2.31. The van der Waals surface area contributed by atoms with Crippen molar-refractivity contribution >= 4 is 0 Å². The van der Waals surface area contributed by atoms with Crippen LogP contribution in [0.1, 0.15) is 73.6 Å². The van der Waals surface area contributed by atoms with Gasteiger partial charge in [-0.3, -0.25) is 0 Å². The van der Waals surface area contributed by atoms with E-state index in [0.717, 1.165) is 25.0 Å². The van der Waals surface area contributed by atoms with E-state index in [1.165, 1.54) is 18.4 Å². The second kappa shape index (κ2) is 6.15. The maximum Gasteiger partial charge on any atom is 0.0308 e. The van der Waals surface area contributed by atoms with Crippen LogP contribution in [-0.4, -0.2) is 0 Å². The molecule has 0 bridgehead atoms. The number of rotatable bonds is 6. The molecule has 0 aromatic rings. The molecule has 1 rings (SSSR count). The first-order chi connectivity index (χ1) is 8.86. The first-order valence-corrected chi connectivity index (χ1v) is 8.05. The van der Waals surface area contributed by atoms with E-state index in [4.69, 9.17) is 5.73 Å². The Morgan fingerprint density at radius 1 is 1.05 bits per heavy atom. The Morgan fingerprint density at radius 2 is 1.58 bits per heavy atom. The van der Waals surface area contributed by atoms with Gasteiger partial charge in [0.1, 0.15) is 0 Å². The van der Waals surface area contributed by atoms with Gasteiger partial charge >= 0.3 is 0 Å². The molecule has 0 amide bonds. The Hall–Kier alpha value is -0.720. The molecule has 1 nitrogen and oxygen atoms in total. The van der Waals surface area contributed by atoms with Crippen molar-refractivity contribution in [1.82, 2.24) is 0 Å². The topological polar surface area (TPSA) is 26.0 Å². The Labute approximate surface area is 120 Å². The van der Waals surface area contributed by atoms with Crippen LogP contribution >= 0.6 is 0 Å². The molecular formula is C18H33N. The minimum Gasteiger partial charge on any atom is -0.399 e. The first kappa shape index (κ1) is 16.3. The molecule has 0 aromatic carbocycles. The predicted octanol–water partition coefficient (Wildman–Crippen LogP) is 5.43. The van der Waals surface area contributed by atoms with E-state index in [-0.39, 0.29) is 5.41 Å². The summed E-state index contributed by atoms with van der Waals surface area (Å²) in [5, 5.41) is 0. The predicted molar refractivity (Wildman–Crippen MR) is 85.8 cm³/mol. The van der Waals surface area contributed by atoms with E-state index in [1.807, 2.05) is 0 Å². The largest absolute Gasteiger partial charge is 0.399 e. The van der Waals surface area contributed by atoms with Gasteiger partial charge in [0.05, 0.1) is 0 Å². The average molecular weight is 263 g/mol. The summed E-state index contributed by atoms with van der Waals surface area (Å²) in [5.41, 5.74) is 9.37. The van der Waals surface area contributed by atoms with Crippen molar-refractivity contribution in [2.45, 2.75) is 73.6 Å². The summed E-state index contributed by atoms with van der Waals surface area (Å²) in [6.45, 7) is 14.0. The van der Waals surface area contributed by atoms with Crippen molar-refractivity contribution in [2.24, 2.45) is 22.5 Å². The van der Waals surface area contributed by atoms with Gasteiger partial charge in [-0.2, -0.15) is 0 Å². The summed E-state index contributed by atoms with van der Waals surface area (Å²) in [6.07, 6.45) is 10.7. The van der Waals surface area contributed by atoms with Gasteiger partial charge in [0, 0.05) is 5.70 Å². The molecule has 2 N–H and O–H groups in total. The average Bonchev–Trinajstić information content (AvgIpc) is 2.46. The molecule has 19 heavy (non-hydrogen) atoms. The third-order valence-corrected chi connectivity index (χ3v) is 5.99. The molecule has 1 atom stereocenters. The molecular weight excluding hydrogens is 230 g/mol. The van der Waals surface area contributed by atoms with Crippen LogP contribution in [0.25, 0.3) is 0 Å². The van der Waals surface area contributed by atoms with E-state index in [0.29, 0.717) is 11.3 Å². The summed E-state index contributed by atoms with van der Waals surface area (Å²) in [6, 6.07) is 0. The van der Waals surface area contributed by atoms with Gasteiger partial charge in [-0.15, -0.1) is 0 Å². The van der Waals surface area contributed by atoms with Crippen LogP contribution in [0.4, 0.5) is 0 Å². The summed E-state index contributed by atoms with van der Waals surface area (Å²) in [4.78, 5) is 0. The maximum absolute atomic E-state index is 6.30. The monoisotopic (exact) mass is 263 g/mol. The number of hydrogen-bond donors (Lipinski definition) is 1. The van der Waals surface area contributed by atoms with E-state index in [9.17, 15) is 0 Å². The summed E-state index contributed by atoms with van der Waals surface area (Å²) < 4.78 is 0. The van der Waals surface area contributed by atoms with Gasteiger partial charge < -0.3 is 5.73 Å². The lowest BCUT2D eigenvalue weighted by molar-refractivity contribution is 0.203. The van der Waals surface area contributed by atoms with Crippen LogP contribution in [0.5, 0.6) is 0 Å². The molecule has 1 aliphatic rings. The highest BCUT2D eigenvalue weighted by atomic mass is 14.6. The third kappa shape index (κ3) is 3.07. The second-order valence-corrected chi connectivity index (χ2v) is 6.71. The zero-order valence-corrected chi connectivity index (χ0v) is 13.8. The van der Waals surface area contributed by atoms with Gasteiger partial charge in [-0.05, 0) is 41.6 Å². The molecule has 0 heterocycles. The lowest BCUT2D eigenvalue weighted by Gasteiger charge is -2.40. The first-order valence-electron chi connectivity index (χ1n) is 8.05. The number of hydrogen-bond acceptors (Lipinski definition) is 1. The van der Waals surface area contributed by atoms with Gasteiger partial charge in [0.2, 0.25) is 0 Å². The normalized spacial score (nSPS) is 21.1. The highest BCUT2D eigenvalue weighted by Gasteiger charge is 2.35. The number of nitrogens with two attached hydrogens (primary N) is 1. The molecule has 1 unspecified atom stereocenters. The molecule has 0 fully saturated rings. The standard InChI is InChI=1S/C18H33N/c1-7-17(5,8-2)14-11-12-16(19)15(13-14)18(6,9-3)10-4/h12-14H,7-11,19H2,1-6H3. The Kier molecular flexibility index (Phi) is 5.29. The minimum absolute atomic E-state index is 0.238. The van der Waals surface area contributed by atoms with Crippen molar-refractivity contribution in [3.8, 4) is 0 Å². The Balaban J connectivity index is 3.14. The van der Waals surface area contributed by atoms with Crippen LogP contribution in [0, 0.1) is 16.7 Å². The van der Waals surface area contributed by atoms with Crippen molar-refractivity contribution in [1.29, 1.82) is 0 Å². The van der Waals surface area contributed by atoms with E-state index in [2.05, 4.69) is 53.7 Å². The molecule has 0 saturated carbocycles. The molecule has 0 saturated heterocycles. The van der Waals surface area contributed by atoms with Crippen LogP contribution in [0.2, 0.25) is 0 Å². The third-order valence-electron chi connectivity index (χ3n) is 5.99.